The first-order valence-electron chi connectivity index (χ1n) is 6.69. The molecule has 1 aliphatic heterocycles. The van der Waals surface area contributed by atoms with E-state index in [1.54, 1.807) is 12.1 Å². The Balaban J connectivity index is 1.86. The van der Waals surface area contributed by atoms with Gasteiger partial charge in [0.15, 0.2) is 0 Å². The smallest absolute Gasteiger partial charge is 0.286 e. The van der Waals surface area contributed by atoms with Gasteiger partial charge in [0.05, 0.1) is 5.69 Å². The predicted octanol–water partition coefficient (Wildman–Crippen LogP) is 5.12. The zero-order chi connectivity index (χ0) is 16.6. The minimum Gasteiger partial charge on any atom is -0.341 e. The van der Waals surface area contributed by atoms with Crippen molar-refractivity contribution in [2.75, 3.05) is 5.32 Å². The first-order chi connectivity index (χ1) is 10.8. The Morgan fingerprint density at radius 2 is 1.65 bits per heavy atom. The summed E-state index contributed by atoms with van der Waals surface area (Å²) in [5.41, 5.74) is 1.66. The van der Waals surface area contributed by atoms with Gasteiger partial charge in [0.1, 0.15) is 10.7 Å². The number of nitrogens with one attached hydrogen (secondary N) is 1. The van der Waals surface area contributed by atoms with E-state index < -0.39 is 10.0 Å². The molecule has 1 N–H and O–H groups in total. The molecule has 0 bridgehead atoms. The van der Waals surface area contributed by atoms with Gasteiger partial charge in [0, 0.05) is 19.8 Å². The summed E-state index contributed by atoms with van der Waals surface area (Å²) in [6.07, 6.45) is 1.22. The zero-order valence-electron chi connectivity index (χ0n) is 11.7. The molecule has 0 amide bonds. The summed E-state index contributed by atoms with van der Waals surface area (Å²) in [4.78, 5) is 0.172. The van der Waals surface area contributed by atoms with Gasteiger partial charge in [-0.3, -0.25) is 0 Å². The molecule has 0 unspecified atom stereocenters. The first kappa shape index (κ1) is 17.1. The maximum absolute atomic E-state index is 12.4. The number of aryl methyl sites for hydroxylation is 1. The highest BCUT2D eigenvalue weighted by Gasteiger charge is 2.27. The molecule has 23 heavy (non-hydrogen) atoms. The Bertz CT molecular complexity index is 894. The Labute approximate surface area is 159 Å². The summed E-state index contributed by atoms with van der Waals surface area (Å²) in [6.45, 7) is 0. The second-order valence-corrected chi connectivity index (χ2v) is 9.28. The van der Waals surface area contributed by atoms with Gasteiger partial charge >= 0.3 is 0 Å². The van der Waals surface area contributed by atoms with Crippen LogP contribution in [0.15, 0.2) is 59.1 Å². The third-order valence-corrected chi connectivity index (χ3v) is 6.31. The zero-order valence-corrected chi connectivity index (χ0v) is 17.3. The lowest BCUT2D eigenvalue weighted by atomic mass is 10.1. The molecule has 120 valence electrons. The van der Waals surface area contributed by atoms with Crippen LogP contribution in [0.2, 0.25) is 0 Å². The Kier molecular flexibility index (Phi) is 4.96. The first-order valence-corrected chi connectivity index (χ1v) is 10.5. The van der Waals surface area contributed by atoms with Crippen LogP contribution in [-0.4, -0.2) is 14.3 Å². The van der Waals surface area contributed by atoms with Crippen molar-refractivity contribution in [3.63, 3.8) is 0 Å². The van der Waals surface area contributed by atoms with Crippen LogP contribution in [0, 0.1) is 0 Å². The molecule has 0 radical (unpaired) electrons. The van der Waals surface area contributed by atoms with Gasteiger partial charge in [-0.2, -0.15) is 8.42 Å². The molecule has 1 aliphatic rings. The molecular formula is C15H11Br3N2O2S. The Morgan fingerprint density at radius 1 is 0.957 bits per heavy atom. The average molecular weight is 523 g/mol. The van der Waals surface area contributed by atoms with Crippen molar-refractivity contribution in [1.29, 1.82) is 0 Å². The summed E-state index contributed by atoms with van der Waals surface area (Å²) in [7, 11) is -3.69. The van der Waals surface area contributed by atoms with Crippen LogP contribution in [0.25, 0.3) is 0 Å². The van der Waals surface area contributed by atoms with Gasteiger partial charge in [0.2, 0.25) is 0 Å². The van der Waals surface area contributed by atoms with Crippen LogP contribution >= 0.6 is 47.8 Å². The van der Waals surface area contributed by atoms with E-state index in [0.29, 0.717) is 33.3 Å². The number of halogens is 3. The van der Waals surface area contributed by atoms with Crippen molar-refractivity contribution >= 4 is 69.3 Å². The van der Waals surface area contributed by atoms with E-state index in [4.69, 9.17) is 0 Å². The lowest BCUT2D eigenvalue weighted by Crippen LogP contribution is -2.22. The van der Waals surface area contributed by atoms with E-state index in [-0.39, 0.29) is 4.90 Å². The molecule has 0 aromatic heterocycles. The van der Waals surface area contributed by atoms with E-state index in [1.165, 1.54) is 0 Å². The van der Waals surface area contributed by atoms with Gasteiger partial charge in [-0.05, 0) is 52.2 Å². The highest BCUT2D eigenvalue weighted by molar-refractivity contribution is 9.11. The summed E-state index contributed by atoms with van der Waals surface area (Å²) >= 11 is 10.1. The topological polar surface area (TPSA) is 58.5 Å². The Morgan fingerprint density at radius 3 is 2.35 bits per heavy atom. The monoisotopic (exact) mass is 520 g/mol. The van der Waals surface area contributed by atoms with Crippen molar-refractivity contribution in [2.45, 2.75) is 17.7 Å². The van der Waals surface area contributed by atoms with Gasteiger partial charge in [-0.15, -0.1) is 4.40 Å². The number of hydrogen-bond acceptors (Lipinski definition) is 3. The second-order valence-electron chi connectivity index (χ2n) is 5.03. The molecule has 4 nitrogen and oxygen atoms in total. The van der Waals surface area contributed by atoms with Crippen LogP contribution < -0.4 is 5.32 Å². The number of fused-ring (bicyclic) bond motifs is 1. The maximum Gasteiger partial charge on any atom is 0.286 e. The standard InChI is InChI=1S/C15H11Br3N2O2S/c16-10-4-1-9(2-5-10)3-6-14-19-15-12(18)7-11(17)8-13(15)23(21,22)20-14/h1-2,4-5,7-8H,3,6H2,(H,19,20). The van der Waals surface area contributed by atoms with Gasteiger partial charge < -0.3 is 5.32 Å². The molecule has 2 aromatic carbocycles. The third-order valence-electron chi connectivity index (χ3n) is 3.36. The second kappa shape index (κ2) is 6.66. The van der Waals surface area contributed by atoms with Gasteiger partial charge in [-0.1, -0.05) is 44.0 Å². The van der Waals surface area contributed by atoms with E-state index in [9.17, 15) is 8.42 Å². The van der Waals surface area contributed by atoms with Crippen molar-refractivity contribution in [1.82, 2.24) is 0 Å². The normalized spacial score (nSPS) is 15.5. The van der Waals surface area contributed by atoms with Crippen LogP contribution in [0.4, 0.5) is 5.69 Å². The van der Waals surface area contributed by atoms with E-state index in [2.05, 4.69) is 57.5 Å². The van der Waals surface area contributed by atoms with Crippen LogP contribution in [0.1, 0.15) is 12.0 Å². The number of sulfonamides is 1. The van der Waals surface area contributed by atoms with Crippen molar-refractivity contribution < 1.29 is 8.42 Å². The number of amidine groups is 1. The molecule has 8 heteroatoms. The number of hydrogen-bond donors (Lipinski definition) is 1. The highest BCUT2D eigenvalue weighted by Crippen LogP contribution is 2.37. The van der Waals surface area contributed by atoms with Gasteiger partial charge in [0.25, 0.3) is 10.0 Å². The van der Waals surface area contributed by atoms with Crippen LogP contribution in [0.3, 0.4) is 0 Å². The van der Waals surface area contributed by atoms with Crippen LogP contribution in [0.5, 0.6) is 0 Å². The lowest BCUT2D eigenvalue weighted by Gasteiger charge is -2.20. The Hall–Kier alpha value is -0.700. The minimum absolute atomic E-state index is 0.172. The molecule has 0 atom stereocenters. The summed E-state index contributed by atoms with van der Waals surface area (Å²) in [5.74, 6) is 0.448. The average Bonchev–Trinajstić information content (AvgIpc) is 2.47. The highest BCUT2D eigenvalue weighted by atomic mass is 79.9. The number of nitrogens with zero attached hydrogens (tertiary/aromatic N) is 1. The molecule has 0 aliphatic carbocycles. The molecule has 0 fully saturated rings. The third kappa shape index (κ3) is 3.87. The molecule has 3 rings (SSSR count). The predicted molar refractivity (Wildman–Crippen MR) is 103 cm³/mol. The van der Waals surface area contributed by atoms with E-state index >= 15 is 0 Å². The summed E-state index contributed by atoms with van der Waals surface area (Å²) < 4.78 is 31.0. The molecule has 0 saturated heterocycles. The summed E-state index contributed by atoms with van der Waals surface area (Å²) in [5, 5.41) is 3.12. The SMILES string of the molecule is O=S1(=O)N=C(CCc2ccc(Br)cc2)Nc2c(Br)cc(Br)cc21. The fourth-order valence-corrected chi connectivity index (χ4v) is 5.35. The fraction of sp³-hybridized carbons (Fsp3) is 0.133. The molecule has 2 aromatic rings. The van der Waals surface area contributed by atoms with Crippen LogP contribution in [-0.2, 0) is 16.4 Å². The van der Waals surface area contributed by atoms with Gasteiger partial charge in [-0.25, -0.2) is 0 Å². The largest absolute Gasteiger partial charge is 0.341 e. The quantitative estimate of drug-likeness (QED) is 0.608. The minimum atomic E-state index is -3.69. The molecule has 1 heterocycles. The fourth-order valence-electron chi connectivity index (χ4n) is 2.26. The lowest BCUT2D eigenvalue weighted by molar-refractivity contribution is 0.597. The number of anilines is 1. The molecule has 0 saturated carbocycles. The number of rotatable bonds is 3. The van der Waals surface area contributed by atoms with Crippen molar-refractivity contribution in [2.24, 2.45) is 4.40 Å². The van der Waals surface area contributed by atoms with Crippen molar-refractivity contribution in [3.8, 4) is 0 Å². The maximum atomic E-state index is 12.4. The van der Waals surface area contributed by atoms with Crippen molar-refractivity contribution in [3.05, 3.63) is 55.4 Å². The molecule has 0 spiro atoms. The molecular weight excluding hydrogens is 512 g/mol. The van der Waals surface area contributed by atoms with E-state index in [1.807, 2.05) is 24.3 Å². The van der Waals surface area contributed by atoms with E-state index in [0.717, 1.165) is 10.0 Å². The number of benzene rings is 2. The summed E-state index contributed by atoms with van der Waals surface area (Å²) in [6, 6.07) is 11.3.